The molecule has 0 aliphatic rings. The minimum Gasteiger partial charge on any atom is -0.383 e. The van der Waals surface area contributed by atoms with E-state index in [1.807, 2.05) is 25.8 Å². The van der Waals surface area contributed by atoms with Crippen LogP contribution in [0.4, 0.5) is 5.82 Å². The highest BCUT2D eigenvalue weighted by Crippen LogP contribution is 2.21. The van der Waals surface area contributed by atoms with E-state index in [2.05, 4.69) is 9.97 Å². The van der Waals surface area contributed by atoms with Gasteiger partial charge in [0.2, 0.25) is 0 Å². The van der Waals surface area contributed by atoms with Crippen LogP contribution in [0.3, 0.4) is 0 Å². The molecule has 1 heterocycles. The van der Waals surface area contributed by atoms with E-state index in [9.17, 15) is 0 Å². The zero-order valence-electron chi connectivity index (χ0n) is 9.54. The van der Waals surface area contributed by atoms with Crippen LogP contribution < -0.4 is 4.90 Å². The van der Waals surface area contributed by atoms with E-state index in [1.165, 1.54) is 0 Å². The lowest BCUT2D eigenvalue weighted by molar-refractivity contribution is 0.206. The number of methoxy groups -OCH3 is 1. The second-order valence-corrected chi connectivity index (χ2v) is 3.78. The highest BCUT2D eigenvalue weighted by atomic mass is 35.5. The van der Waals surface area contributed by atoms with E-state index >= 15 is 0 Å². The Balaban J connectivity index is 2.88. The first kappa shape index (κ1) is 12.2. The molecule has 0 saturated heterocycles. The molecular formula is C10H16ClN3O. The predicted molar refractivity (Wildman–Crippen MR) is 61.7 cm³/mol. The molecule has 0 N–H and O–H groups in total. The standard InChI is InChI=1S/C10H16ClN3O/c1-7-8(2)13-10(9(11)12-7)14(3)5-6-15-4/h5-6H2,1-4H3. The van der Waals surface area contributed by atoms with Gasteiger partial charge in [-0.3, -0.25) is 0 Å². The van der Waals surface area contributed by atoms with Gasteiger partial charge in [-0.1, -0.05) is 11.6 Å². The second-order valence-electron chi connectivity index (χ2n) is 3.42. The fraction of sp³-hybridized carbons (Fsp3) is 0.600. The van der Waals surface area contributed by atoms with E-state index in [1.54, 1.807) is 7.11 Å². The zero-order chi connectivity index (χ0) is 11.4. The van der Waals surface area contributed by atoms with E-state index < -0.39 is 0 Å². The molecule has 5 heteroatoms. The van der Waals surface area contributed by atoms with Gasteiger partial charge in [0, 0.05) is 20.7 Å². The van der Waals surface area contributed by atoms with Gasteiger partial charge in [-0.15, -0.1) is 0 Å². The van der Waals surface area contributed by atoms with Gasteiger partial charge < -0.3 is 9.64 Å². The highest BCUT2D eigenvalue weighted by molar-refractivity contribution is 6.31. The molecule has 0 spiro atoms. The molecule has 0 radical (unpaired) electrons. The normalized spacial score (nSPS) is 10.5. The molecule has 0 aliphatic heterocycles. The van der Waals surface area contributed by atoms with Crippen LogP contribution in [0.2, 0.25) is 5.15 Å². The SMILES string of the molecule is COCCN(C)c1nc(C)c(C)nc1Cl. The number of halogens is 1. The molecule has 0 aliphatic carbocycles. The Morgan fingerprint density at radius 3 is 2.47 bits per heavy atom. The molecule has 0 aromatic carbocycles. The largest absolute Gasteiger partial charge is 0.383 e. The fourth-order valence-corrected chi connectivity index (χ4v) is 1.45. The van der Waals surface area contributed by atoms with Gasteiger partial charge in [-0.25, -0.2) is 9.97 Å². The molecule has 15 heavy (non-hydrogen) atoms. The molecule has 0 saturated carbocycles. The van der Waals surface area contributed by atoms with Crippen molar-refractivity contribution in [3.8, 4) is 0 Å². The maximum Gasteiger partial charge on any atom is 0.171 e. The quantitative estimate of drug-likeness (QED) is 0.790. The van der Waals surface area contributed by atoms with E-state index in [0.29, 0.717) is 17.6 Å². The molecule has 0 bridgehead atoms. The summed E-state index contributed by atoms with van der Waals surface area (Å²) in [7, 11) is 3.59. The van der Waals surface area contributed by atoms with Crippen molar-refractivity contribution in [3.63, 3.8) is 0 Å². The number of aryl methyl sites for hydroxylation is 2. The molecule has 1 rings (SSSR count). The van der Waals surface area contributed by atoms with E-state index in [-0.39, 0.29) is 0 Å². The molecule has 84 valence electrons. The first-order valence-electron chi connectivity index (χ1n) is 4.77. The molecule has 4 nitrogen and oxygen atoms in total. The Morgan fingerprint density at radius 2 is 1.87 bits per heavy atom. The third-order valence-corrected chi connectivity index (χ3v) is 2.49. The van der Waals surface area contributed by atoms with Gasteiger partial charge in [-0.05, 0) is 13.8 Å². The summed E-state index contributed by atoms with van der Waals surface area (Å²) in [6.45, 7) is 5.20. The molecular weight excluding hydrogens is 214 g/mol. The average molecular weight is 230 g/mol. The zero-order valence-corrected chi connectivity index (χ0v) is 10.3. The first-order chi connectivity index (χ1) is 7.06. The van der Waals surface area contributed by atoms with Crippen LogP contribution in [-0.2, 0) is 4.74 Å². The lowest BCUT2D eigenvalue weighted by atomic mass is 10.3. The summed E-state index contributed by atoms with van der Waals surface area (Å²) < 4.78 is 4.99. The van der Waals surface area contributed by atoms with Crippen LogP contribution in [0.5, 0.6) is 0 Å². The van der Waals surface area contributed by atoms with Crippen LogP contribution >= 0.6 is 11.6 Å². The Bertz CT molecular complexity index is 344. The number of hydrogen-bond donors (Lipinski definition) is 0. The van der Waals surface area contributed by atoms with Crippen LogP contribution in [0.15, 0.2) is 0 Å². The summed E-state index contributed by atoms with van der Waals surface area (Å²) >= 11 is 6.02. The van der Waals surface area contributed by atoms with Crippen molar-refractivity contribution in [2.24, 2.45) is 0 Å². The van der Waals surface area contributed by atoms with Crippen LogP contribution in [-0.4, -0.2) is 37.3 Å². The van der Waals surface area contributed by atoms with Gasteiger partial charge in [-0.2, -0.15) is 0 Å². The highest BCUT2D eigenvalue weighted by Gasteiger charge is 2.10. The Kier molecular flexibility index (Phi) is 4.29. The summed E-state index contributed by atoms with van der Waals surface area (Å²) in [5.74, 6) is 0.705. The summed E-state index contributed by atoms with van der Waals surface area (Å²) in [6, 6.07) is 0. The van der Waals surface area contributed by atoms with Crippen molar-refractivity contribution in [3.05, 3.63) is 16.5 Å². The topological polar surface area (TPSA) is 38.2 Å². The van der Waals surface area contributed by atoms with Crippen LogP contribution in [0.1, 0.15) is 11.4 Å². The number of rotatable bonds is 4. The van der Waals surface area contributed by atoms with Gasteiger partial charge in [0.05, 0.1) is 18.0 Å². The number of hydrogen-bond acceptors (Lipinski definition) is 4. The third kappa shape index (κ3) is 3.04. The van der Waals surface area contributed by atoms with E-state index in [0.717, 1.165) is 17.9 Å². The first-order valence-corrected chi connectivity index (χ1v) is 5.15. The number of ether oxygens (including phenoxy) is 1. The molecule has 0 unspecified atom stereocenters. The second kappa shape index (κ2) is 5.28. The van der Waals surface area contributed by atoms with Crippen molar-refractivity contribution >= 4 is 17.4 Å². The van der Waals surface area contributed by atoms with Gasteiger partial charge in [0.1, 0.15) is 0 Å². The van der Waals surface area contributed by atoms with Crippen molar-refractivity contribution in [1.82, 2.24) is 9.97 Å². The van der Waals surface area contributed by atoms with Gasteiger partial charge in [0.25, 0.3) is 0 Å². The summed E-state index contributed by atoms with van der Waals surface area (Å²) in [5, 5.41) is 0.441. The van der Waals surface area contributed by atoms with Gasteiger partial charge >= 0.3 is 0 Å². The summed E-state index contributed by atoms with van der Waals surface area (Å²) in [5.41, 5.74) is 1.77. The van der Waals surface area contributed by atoms with Crippen LogP contribution in [0.25, 0.3) is 0 Å². The molecule has 0 fully saturated rings. The van der Waals surface area contributed by atoms with Crippen molar-refractivity contribution in [2.45, 2.75) is 13.8 Å². The lowest BCUT2D eigenvalue weighted by Gasteiger charge is -2.19. The molecule has 0 amide bonds. The summed E-state index contributed by atoms with van der Waals surface area (Å²) in [6.07, 6.45) is 0. The summed E-state index contributed by atoms with van der Waals surface area (Å²) in [4.78, 5) is 10.6. The maximum atomic E-state index is 6.02. The minimum absolute atomic E-state index is 0.441. The molecule has 1 aromatic rings. The maximum absolute atomic E-state index is 6.02. The minimum atomic E-state index is 0.441. The van der Waals surface area contributed by atoms with Crippen molar-refractivity contribution in [2.75, 3.05) is 32.2 Å². The Labute approximate surface area is 95.2 Å². The van der Waals surface area contributed by atoms with Crippen molar-refractivity contribution < 1.29 is 4.74 Å². The lowest BCUT2D eigenvalue weighted by Crippen LogP contribution is -2.24. The number of anilines is 1. The number of nitrogens with zero attached hydrogens (tertiary/aromatic N) is 3. The van der Waals surface area contributed by atoms with Crippen molar-refractivity contribution in [1.29, 1.82) is 0 Å². The number of aromatic nitrogens is 2. The Morgan fingerprint density at radius 1 is 1.27 bits per heavy atom. The monoisotopic (exact) mass is 229 g/mol. The number of likely N-dealkylation sites (N-methyl/N-ethyl adjacent to an activating group) is 1. The molecule has 1 aromatic heterocycles. The third-order valence-electron chi connectivity index (χ3n) is 2.24. The predicted octanol–water partition coefficient (Wildman–Crippen LogP) is 1.83. The fourth-order valence-electron chi connectivity index (χ4n) is 1.14. The van der Waals surface area contributed by atoms with Gasteiger partial charge in [0.15, 0.2) is 11.0 Å². The average Bonchev–Trinajstić information content (AvgIpc) is 2.20. The Hall–Kier alpha value is -0.870. The van der Waals surface area contributed by atoms with Crippen LogP contribution in [0, 0.1) is 13.8 Å². The molecule has 0 atom stereocenters. The van der Waals surface area contributed by atoms with E-state index in [4.69, 9.17) is 16.3 Å². The smallest absolute Gasteiger partial charge is 0.171 e.